The second-order valence-corrected chi connectivity index (χ2v) is 5.33. The number of benzene rings is 1. The van der Waals surface area contributed by atoms with Crippen molar-refractivity contribution in [2.24, 2.45) is 5.92 Å². The minimum atomic E-state index is -0.519. The van der Waals surface area contributed by atoms with Crippen molar-refractivity contribution in [2.45, 2.75) is 32.7 Å². The van der Waals surface area contributed by atoms with E-state index in [2.05, 4.69) is 17.1 Å². The summed E-state index contributed by atoms with van der Waals surface area (Å²) in [5.41, 5.74) is 0.00335. The van der Waals surface area contributed by atoms with Crippen LogP contribution in [-0.4, -0.2) is 30.6 Å². The number of hydrogen-bond donors (Lipinski definition) is 1. The Morgan fingerprint density at radius 2 is 2.05 bits per heavy atom. The van der Waals surface area contributed by atoms with E-state index in [1.54, 1.807) is 0 Å². The zero-order valence-corrected chi connectivity index (χ0v) is 11.6. The Balaban J connectivity index is 2.02. The largest absolute Gasteiger partial charge is 0.378 e. The van der Waals surface area contributed by atoms with E-state index in [-0.39, 0.29) is 11.7 Å². The molecule has 0 aliphatic carbocycles. The van der Waals surface area contributed by atoms with Crippen LogP contribution >= 0.6 is 0 Å². The lowest BCUT2D eigenvalue weighted by Crippen LogP contribution is -2.41. The van der Waals surface area contributed by atoms with E-state index in [9.17, 15) is 8.78 Å². The lowest BCUT2D eigenvalue weighted by molar-refractivity contribution is 0.172. The van der Waals surface area contributed by atoms with Gasteiger partial charge in [0.1, 0.15) is 17.3 Å². The van der Waals surface area contributed by atoms with E-state index in [0.717, 1.165) is 32.5 Å². The summed E-state index contributed by atoms with van der Waals surface area (Å²) < 4.78 is 27.2. The number of nitrogens with zero attached hydrogens (tertiary/aromatic N) is 1. The highest BCUT2D eigenvalue weighted by atomic mass is 19.1. The third-order valence-corrected chi connectivity index (χ3v) is 4.03. The third kappa shape index (κ3) is 3.44. The zero-order valence-electron chi connectivity index (χ0n) is 11.6. The van der Waals surface area contributed by atoms with Gasteiger partial charge < -0.3 is 10.2 Å². The van der Waals surface area contributed by atoms with Crippen molar-refractivity contribution >= 4 is 5.69 Å². The first kappa shape index (κ1) is 14.3. The Morgan fingerprint density at radius 1 is 1.37 bits per heavy atom. The molecule has 1 aliphatic heterocycles. The van der Waals surface area contributed by atoms with Crippen molar-refractivity contribution in [1.29, 1.82) is 0 Å². The normalized spacial score (nSPS) is 22.2. The van der Waals surface area contributed by atoms with Crippen molar-refractivity contribution in [3.8, 4) is 0 Å². The molecule has 0 aromatic heterocycles. The molecule has 1 fully saturated rings. The van der Waals surface area contributed by atoms with Crippen LogP contribution < -0.4 is 5.32 Å². The maximum Gasteiger partial charge on any atom is 0.149 e. The summed E-state index contributed by atoms with van der Waals surface area (Å²) in [4.78, 5) is 2.39. The topological polar surface area (TPSA) is 15.3 Å². The Hall–Kier alpha value is -1.16. The number of likely N-dealkylation sites (tertiary alicyclic amines) is 1. The van der Waals surface area contributed by atoms with Crippen LogP contribution in [0.1, 0.15) is 26.7 Å². The Labute approximate surface area is 113 Å². The molecule has 1 aliphatic rings. The molecule has 0 saturated carbocycles. The number of hydrogen-bond acceptors (Lipinski definition) is 2. The van der Waals surface area contributed by atoms with Gasteiger partial charge in [-0.15, -0.1) is 0 Å². The molecule has 2 rings (SSSR count). The highest BCUT2D eigenvalue weighted by molar-refractivity contribution is 5.46. The zero-order chi connectivity index (χ0) is 13.8. The standard InChI is InChI=1S/C15H22F2N2/c1-3-19-9-5-6-12(10-19)11(2)18-15-13(16)7-4-8-14(15)17/h4,7-8,11-12,18H,3,5-6,9-10H2,1-2H3. The number of nitrogens with one attached hydrogen (secondary N) is 1. The number of para-hydroxylation sites is 1. The molecule has 2 atom stereocenters. The van der Waals surface area contributed by atoms with Gasteiger partial charge >= 0.3 is 0 Å². The van der Waals surface area contributed by atoms with Crippen molar-refractivity contribution in [1.82, 2.24) is 4.90 Å². The molecule has 106 valence electrons. The molecule has 0 radical (unpaired) electrons. The first-order valence-electron chi connectivity index (χ1n) is 7.04. The molecular formula is C15H22F2N2. The number of anilines is 1. The summed E-state index contributed by atoms with van der Waals surface area (Å²) in [5.74, 6) is -0.599. The molecule has 1 aromatic carbocycles. The average Bonchev–Trinajstić information content (AvgIpc) is 2.43. The Morgan fingerprint density at radius 3 is 2.68 bits per heavy atom. The predicted molar refractivity (Wildman–Crippen MR) is 74.3 cm³/mol. The van der Waals surface area contributed by atoms with Gasteiger partial charge in [-0.2, -0.15) is 0 Å². The van der Waals surface area contributed by atoms with Gasteiger partial charge in [-0.25, -0.2) is 8.78 Å². The van der Waals surface area contributed by atoms with Crippen molar-refractivity contribution in [3.63, 3.8) is 0 Å². The van der Waals surface area contributed by atoms with Crippen LogP contribution in [0.15, 0.2) is 18.2 Å². The van der Waals surface area contributed by atoms with Crippen molar-refractivity contribution in [3.05, 3.63) is 29.8 Å². The monoisotopic (exact) mass is 268 g/mol. The maximum absolute atomic E-state index is 13.6. The lowest BCUT2D eigenvalue weighted by atomic mass is 9.91. The minimum absolute atomic E-state index is 0.00335. The SMILES string of the molecule is CCN1CCCC(C(C)Nc2c(F)cccc2F)C1. The summed E-state index contributed by atoms with van der Waals surface area (Å²) in [5, 5.41) is 3.02. The van der Waals surface area contributed by atoms with Gasteiger partial charge in [0, 0.05) is 12.6 Å². The van der Waals surface area contributed by atoms with Gasteiger partial charge in [0.25, 0.3) is 0 Å². The minimum Gasteiger partial charge on any atom is -0.378 e. The molecule has 0 amide bonds. The van der Waals surface area contributed by atoms with Crippen molar-refractivity contribution in [2.75, 3.05) is 25.0 Å². The maximum atomic E-state index is 13.6. The molecule has 2 unspecified atom stereocenters. The summed E-state index contributed by atoms with van der Waals surface area (Å²) in [6.07, 6.45) is 2.27. The lowest BCUT2D eigenvalue weighted by Gasteiger charge is -2.35. The van der Waals surface area contributed by atoms with E-state index in [4.69, 9.17) is 0 Å². The van der Waals surface area contributed by atoms with E-state index in [1.807, 2.05) is 6.92 Å². The van der Waals surface area contributed by atoms with Gasteiger partial charge in [0.2, 0.25) is 0 Å². The van der Waals surface area contributed by atoms with Crippen LogP contribution in [0.3, 0.4) is 0 Å². The highest BCUT2D eigenvalue weighted by Gasteiger charge is 2.25. The van der Waals surface area contributed by atoms with Crippen molar-refractivity contribution < 1.29 is 8.78 Å². The Bertz CT molecular complexity index is 402. The fourth-order valence-corrected chi connectivity index (χ4v) is 2.77. The van der Waals surface area contributed by atoms with Crippen LogP contribution in [0.25, 0.3) is 0 Å². The van der Waals surface area contributed by atoms with Crippen LogP contribution in [-0.2, 0) is 0 Å². The van der Waals surface area contributed by atoms with E-state index in [1.165, 1.54) is 18.2 Å². The van der Waals surface area contributed by atoms with E-state index in [0.29, 0.717) is 5.92 Å². The third-order valence-electron chi connectivity index (χ3n) is 4.03. The van der Waals surface area contributed by atoms with Crippen LogP contribution in [0.2, 0.25) is 0 Å². The molecule has 1 N–H and O–H groups in total. The Kier molecular flexibility index (Phi) is 4.75. The quantitative estimate of drug-likeness (QED) is 0.899. The van der Waals surface area contributed by atoms with Crippen LogP contribution in [0.5, 0.6) is 0 Å². The molecule has 1 heterocycles. The van der Waals surface area contributed by atoms with Gasteiger partial charge in [0.05, 0.1) is 0 Å². The molecule has 19 heavy (non-hydrogen) atoms. The fraction of sp³-hybridized carbons (Fsp3) is 0.600. The number of halogens is 2. The van der Waals surface area contributed by atoms with E-state index < -0.39 is 11.6 Å². The molecular weight excluding hydrogens is 246 g/mol. The first-order valence-corrected chi connectivity index (χ1v) is 7.04. The summed E-state index contributed by atoms with van der Waals surface area (Å²) in [6, 6.07) is 4.04. The summed E-state index contributed by atoms with van der Waals surface area (Å²) >= 11 is 0. The predicted octanol–water partition coefficient (Wildman–Crippen LogP) is 3.50. The molecule has 0 bridgehead atoms. The van der Waals surface area contributed by atoms with E-state index >= 15 is 0 Å². The molecule has 1 aromatic rings. The second kappa shape index (κ2) is 6.33. The highest BCUT2D eigenvalue weighted by Crippen LogP contribution is 2.25. The van der Waals surface area contributed by atoms with Crippen LogP contribution in [0, 0.1) is 17.6 Å². The van der Waals surface area contributed by atoms with Crippen LogP contribution in [0.4, 0.5) is 14.5 Å². The first-order chi connectivity index (χ1) is 9.11. The fourth-order valence-electron chi connectivity index (χ4n) is 2.77. The average molecular weight is 268 g/mol. The van der Waals surface area contributed by atoms with Gasteiger partial charge in [-0.05, 0) is 50.9 Å². The molecule has 4 heteroatoms. The molecule has 0 spiro atoms. The molecule has 2 nitrogen and oxygen atoms in total. The smallest absolute Gasteiger partial charge is 0.149 e. The second-order valence-electron chi connectivity index (χ2n) is 5.33. The number of piperidine rings is 1. The summed E-state index contributed by atoms with van der Waals surface area (Å²) in [6.45, 7) is 7.33. The molecule has 1 saturated heterocycles. The van der Waals surface area contributed by atoms with Gasteiger partial charge in [0.15, 0.2) is 0 Å². The number of rotatable bonds is 4. The van der Waals surface area contributed by atoms with Gasteiger partial charge in [-0.3, -0.25) is 0 Å². The summed E-state index contributed by atoms with van der Waals surface area (Å²) in [7, 11) is 0. The van der Waals surface area contributed by atoms with Gasteiger partial charge in [-0.1, -0.05) is 13.0 Å².